The molecule has 1 aromatic carbocycles. The molecule has 0 unspecified atom stereocenters. The Bertz CT molecular complexity index is 850. The number of carbonyl (C=O) groups is 2. The van der Waals surface area contributed by atoms with E-state index < -0.39 is 22.8 Å². The number of nitro groups is 1. The maximum Gasteiger partial charge on any atom is 0.336 e. The molecule has 1 aliphatic rings. The summed E-state index contributed by atoms with van der Waals surface area (Å²) in [5, 5.41) is 11.4. The normalized spacial score (nSPS) is 15.1. The van der Waals surface area contributed by atoms with Gasteiger partial charge in [0.1, 0.15) is 0 Å². The summed E-state index contributed by atoms with van der Waals surface area (Å²) in [5.41, 5.74) is 1.44. The third-order valence-electron chi connectivity index (χ3n) is 4.68. The van der Waals surface area contributed by atoms with Crippen LogP contribution in [0.25, 0.3) is 0 Å². The standard InChI is InChI=1S/C18H19ClN2O6/c1-9-14(17(22)26-4)16(15(18(23)27-5)10(2)20(9)3)12-8-11(21(24)25)6-7-13(12)19/h6-8,16H,1-5H3. The molecule has 0 spiro atoms. The van der Waals surface area contributed by atoms with Crippen LogP contribution in [0, 0.1) is 10.1 Å². The van der Waals surface area contributed by atoms with Crippen LogP contribution in [-0.2, 0) is 19.1 Å². The number of methoxy groups -OCH3 is 2. The number of benzene rings is 1. The van der Waals surface area contributed by atoms with Gasteiger partial charge in [0.05, 0.1) is 36.2 Å². The zero-order valence-corrected chi connectivity index (χ0v) is 16.3. The van der Waals surface area contributed by atoms with Crippen molar-refractivity contribution in [3.8, 4) is 0 Å². The number of halogens is 1. The molecular weight excluding hydrogens is 376 g/mol. The fourth-order valence-electron chi connectivity index (χ4n) is 3.10. The average Bonchev–Trinajstić information content (AvgIpc) is 2.65. The van der Waals surface area contributed by atoms with E-state index in [1.807, 2.05) is 0 Å². The van der Waals surface area contributed by atoms with Crippen molar-refractivity contribution < 1.29 is 24.0 Å². The van der Waals surface area contributed by atoms with Gasteiger partial charge in [-0.2, -0.15) is 0 Å². The Hall–Kier alpha value is -2.87. The second-order valence-corrected chi connectivity index (χ2v) is 6.34. The van der Waals surface area contributed by atoms with Gasteiger partial charge < -0.3 is 14.4 Å². The largest absolute Gasteiger partial charge is 0.466 e. The number of rotatable bonds is 4. The van der Waals surface area contributed by atoms with Gasteiger partial charge >= 0.3 is 11.9 Å². The monoisotopic (exact) mass is 394 g/mol. The summed E-state index contributed by atoms with van der Waals surface area (Å²) in [7, 11) is 4.14. The van der Waals surface area contributed by atoms with Crippen LogP contribution in [0.4, 0.5) is 5.69 Å². The molecule has 1 aromatic rings. The van der Waals surface area contributed by atoms with E-state index in [2.05, 4.69) is 0 Å². The fourth-order valence-corrected chi connectivity index (χ4v) is 3.33. The quantitative estimate of drug-likeness (QED) is 0.439. The van der Waals surface area contributed by atoms with Crippen LogP contribution in [0.1, 0.15) is 25.3 Å². The van der Waals surface area contributed by atoms with Gasteiger partial charge in [0.2, 0.25) is 0 Å². The molecule has 1 heterocycles. The minimum Gasteiger partial charge on any atom is -0.466 e. The number of hydrogen-bond donors (Lipinski definition) is 0. The van der Waals surface area contributed by atoms with Crippen molar-refractivity contribution in [1.29, 1.82) is 0 Å². The van der Waals surface area contributed by atoms with Gasteiger partial charge in [0.25, 0.3) is 5.69 Å². The summed E-state index contributed by atoms with van der Waals surface area (Å²) < 4.78 is 9.80. The first-order valence-corrected chi connectivity index (χ1v) is 8.29. The lowest BCUT2D eigenvalue weighted by Crippen LogP contribution is -2.33. The van der Waals surface area contributed by atoms with E-state index in [0.29, 0.717) is 11.4 Å². The molecule has 9 heteroatoms. The van der Waals surface area contributed by atoms with Crippen LogP contribution in [0.15, 0.2) is 40.7 Å². The van der Waals surface area contributed by atoms with E-state index in [0.717, 1.165) is 0 Å². The van der Waals surface area contributed by atoms with Crippen LogP contribution < -0.4 is 0 Å². The van der Waals surface area contributed by atoms with E-state index >= 15 is 0 Å². The minimum atomic E-state index is -0.964. The second-order valence-electron chi connectivity index (χ2n) is 5.94. The summed E-state index contributed by atoms with van der Waals surface area (Å²) in [5.74, 6) is -2.30. The van der Waals surface area contributed by atoms with Crippen LogP contribution in [0.3, 0.4) is 0 Å². The van der Waals surface area contributed by atoms with Gasteiger partial charge in [0, 0.05) is 35.6 Å². The van der Waals surface area contributed by atoms with Crippen LogP contribution in [0.2, 0.25) is 5.02 Å². The highest BCUT2D eigenvalue weighted by Crippen LogP contribution is 2.45. The van der Waals surface area contributed by atoms with E-state index in [1.165, 1.54) is 32.4 Å². The first kappa shape index (κ1) is 20.4. The van der Waals surface area contributed by atoms with Crippen molar-refractivity contribution in [2.45, 2.75) is 19.8 Å². The molecule has 0 N–H and O–H groups in total. The third-order valence-corrected chi connectivity index (χ3v) is 5.02. The van der Waals surface area contributed by atoms with Crippen LogP contribution in [0.5, 0.6) is 0 Å². The molecule has 0 radical (unpaired) electrons. The first-order chi connectivity index (χ1) is 12.6. The lowest BCUT2D eigenvalue weighted by molar-refractivity contribution is -0.384. The fraction of sp³-hybridized carbons (Fsp3) is 0.333. The van der Waals surface area contributed by atoms with E-state index in [9.17, 15) is 19.7 Å². The Morgan fingerprint density at radius 2 is 1.59 bits per heavy atom. The number of nitrogens with zero attached hydrogens (tertiary/aromatic N) is 2. The number of esters is 2. The Morgan fingerprint density at radius 1 is 1.11 bits per heavy atom. The molecule has 0 atom stereocenters. The number of allylic oxidation sites excluding steroid dienone is 2. The summed E-state index contributed by atoms with van der Waals surface area (Å²) >= 11 is 6.31. The number of hydrogen-bond acceptors (Lipinski definition) is 7. The van der Waals surface area contributed by atoms with E-state index in [4.69, 9.17) is 21.1 Å². The minimum absolute atomic E-state index is 0.161. The highest BCUT2D eigenvalue weighted by atomic mass is 35.5. The van der Waals surface area contributed by atoms with Gasteiger partial charge in [-0.25, -0.2) is 9.59 Å². The van der Waals surface area contributed by atoms with Gasteiger partial charge in [-0.3, -0.25) is 10.1 Å². The molecular formula is C18H19ClN2O6. The van der Waals surface area contributed by atoms with Gasteiger partial charge in [-0.1, -0.05) is 11.6 Å². The van der Waals surface area contributed by atoms with Crippen molar-refractivity contribution in [2.24, 2.45) is 0 Å². The first-order valence-electron chi connectivity index (χ1n) is 7.91. The molecule has 0 bridgehead atoms. The third kappa shape index (κ3) is 3.52. The van der Waals surface area contributed by atoms with Crippen molar-refractivity contribution in [3.63, 3.8) is 0 Å². The smallest absolute Gasteiger partial charge is 0.336 e. The van der Waals surface area contributed by atoms with Crippen molar-refractivity contribution in [1.82, 2.24) is 4.90 Å². The van der Waals surface area contributed by atoms with Gasteiger partial charge in [-0.15, -0.1) is 0 Å². The van der Waals surface area contributed by atoms with Crippen LogP contribution >= 0.6 is 11.6 Å². The summed E-state index contributed by atoms with van der Waals surface area (Å²) in [4.78, 5) is 37.4. The molecule has 0 amide bonds. The Morgan fingerprint density at radius 3 is 2.00 bits per heavy atom. The molecule has 0 aliphatic carbocycles. The Labute approximate surface area is 161 Å². The van der Waals surface area contributed by atoms with Crippen LogP contribution in [-0.4, -0.2) is 43.0 Å². The van der Waals surface area contributed by atoms with E-state index in [1.54, 1.807) is 25.8 Å². The van der Waals surface area contributed by atoms with Gasteiger partial charge in [0.15, 0.2) is 0 Å². The molecule has 0 saturated carbocycles. The predicted molar refractivity (Wildman–Crippen MR) is 98.0 cm³/mol. The number of carbonyl (C=O) groups excluding carboxylic acids is 2. The summed E-state index contributed by atoms with van der Waals surface area (Å²) in [6.45, 7) is 3.39. The summed E-state index contributed by atoms with van der Waals surface area (Å²) in [6.07, 6.45) is 0. The lowest BCUT2D eigenvalue weighted by atomic mass is 9.79. The molecule has 0 saturated heterocycles. The highest BCUT2D eigenvalue weighted by molar-refractivity contribution is 6.31. The second kappa shape index (κ2) is 7.79. The maximum absolute atomic E-state index is 12.5. The molecule has 27 heavy (non-hydrogen) atoms. The SMILES string of the molecule is COC(=O)C1=C(C)N(C)C(C)=C(C(=O)OC)C1c1cc([N+](=O)[O-])ccc1Cl. The number of non-ortho nitro benzene ring substituents is 1. The van der Waals surface area contributed by atoms with Crippen molar-refractivity contribution in [3.05, 3.63) is 61.4 Å². The van der Waals surface area contributed by atoms with Gasteiger partial charge in [-0.05, 0) is 25.5 Å². The topological polar surface area (TPSA) is 99.0 Å². The Balaban J connectivity index is 2.87. The lowest BCUT2D eigenvalue weighted by Gasteiger charge is -2.35. The highest BCUT2D eigenvalue weighted by Gasteiger charge is 2.40. The van der Waals surface area contributed by atoms with E-state index in [-0.39, 0.29) is 27.4 Å². The molecule has 144 valence electrons. The molecule has 1 aliphatic heterocycles. The Kier molecular flexibility index (Phi) is 5.90. The zero-order chi connectivity index (χ0) is 20.5. The zero-order valence-electron chi connectivity index (χ0n) is 15.5. The molecule has 2 rings (SSSR count). The summed E-state index contributed by atoms with van der Waals surface area (Å²) in [6, 6.07) is 3.87. The number of nitro benzene ring substituents is 1. The molecule has 8 nitrogen and oxygen atoms in total. The number of ether oxygens (including phenoxy) is 2. The molecule has 0 aromatic heterocycles. The maximum atomic E-state index is 12.5. The average molecular weight is 395 g/mol. The predicted octanol–water partition coefficient (Wildman–Crippen LogP) is 3.17. The van der Waals surface area contributed by atoms with Crippen molar-refractivity contribution >= 4 is 29.2 Å². The molecule has 0 fully saturated rings. The van der Waals surface area contributed by atoms with Crippen molar-refractivity contribution in [2.75, 3.05) is 21.3 Å².